The fourth-order valence-electron chi connectivity index (χ4n) is 3.00. The van der Waals surface area contributed by atoms with Gasteiger partial charge in [-0.2, -0.15) is 0 Å². The molecule has 0 radical (unpaired) electrons. The first-order valence-electron chi connectivity index (χ1n) is 6.51. The van der Waals surface area contributed by atoms with Crippen molar-refractivity contribution in [3.8, 4) is 0 Å². The number of hydrogen-bond acceptors (Lipinski definition) is 2. The van der Waals surface area contributed by atoms with Crippen molar-refractivity contribution >= 4 is 0 Å². The molecule has 18 heavy (non-hydrogen) atoms. The first kappa shape index (κ1) is 13.5. The lowest BCUT2D eigenvalue weighted by molar-refractivity contribution is -0.130. The zero-order chi connectivity index (χ0) is 13.3. The minimum Gasteiger partial charge on any atom is -0.389 e. The minimum atomic E-state index is -0.736. The Bertz CT molecular complexity index is 421. The second-order valence-electron chi connectivity index (χ2n) is 5.64. The molecule has 1 N–H and O–H groups in total. The van der Waals surface area contributed by atoms with Crippen LogP contribution in [-0.2, 0) is 11.2 Å². The maximum Gasteiger partial charge on any atom is 0.123 e. The van der Waals surface area contributed by atoms with Crippen molar-refractivity contribution in [2.75, 3.05) is 0 Å². The van der Waals surface area contributed by atoms with Crippen LogP contribution in [0.15, 0.2) is 18.2 Å². The first-order valence-corrected chi connectivity index (χ1v) is 6.51. The molecule has 0 aromatic heterocycles. The smallest absolute Gasteiger partial charge is 0.123 e. The highest BCUT2D eigenvalue weighted by molar-refractivity contribution is 5.28. The van der Waals surface area contributed by atoms with Gasteiger partial charge in [0.05, 0.1) is 17.8 Å². The van der Waals surface area contributed by atoms with Gasteiger partial charge < -0.3 is 9.84 Å². The monoisotopic (exact) mass is 252 g/mol. The van der Waals surface area contributed by atoms with Gasteiger partial charge in [-0.25, -0.2) is 4.39 Å². The quantitative estimate of drug-likeness (QED) is 0.876. The topological polar surface area (TPSA) is 29.5 Å². The minimum absolute atomic E-state index is 0.0690. The van der Waals surface area contributed by atoms with E-state index in [-0.39, 0.29) is 18.0 Å². The van der Waals surface area contributed by atoms with Gasteiger partial charge in [-0.3, -0.25) is 0 Å². The van der Waals surface area contributed by atoms with Crippen LogP contribution in [0, 0.1) is 12.7 Å². The highest BCUT2D eigenvalue weighted by Crippen LogP contribution is 2.32. The fraction of sp³-hybridized carbons (Fsp3) is 0.600. The van der Waals surface area contributed by atoms with Crippen LogP contribution in [0.3, 0.4) is 0 Å². The molecule has 0 bridgehead atoms. The summed E-state index contributed by atoms with van der Waals surface area (Å²) in [5.74, 6) is -0.225. The van der Waals surface area contributed by atoms with E-state index in [0.29, 0.717) is 19.3 Å². The molecule has 0 saturated carbocycles. The maximum atomic E-state index is 13.1. The van der Waals surface area contributed by atoms with Crippen molar-refractivity contribution in [3.05, 3.63) is 35.1 Å². The van der Waals surface area contributed by atoms with E-state index in [0.717, 1.165) is 11.1 Å². The molecule has 3 heteroatoms. The van der Waals surface area contributed by atoms with Crippen LogP contribution in [0.2, 0.25) is 0 Å². The van der Waals surface area contributed by atoms with Gasteiger partial charge in [-0.1, -0.05) is 6.07 Å². The zero-order valence-electron chi connectivity index (χ0n) is 11.2. The molecule has 1 aromatic rings. The molecule has 0 spiro atoms. The van der Waals surface area contributed by atoms with Crippen molar-refractivity contribution in [2.24, 2.45) is 0 Å². The largest absolute Gasteiger partial charge is 0.389 e. The third kappa shape index (κ3) is 3.09. The number of benzene rings is 1. The Kier molecular flexibility index (Phi) is 3.74. The molecular weight excluding hydrogens is 231 g/mol. The second kappa shape index (κ2) is 4.98. The molecular formula is C15H21FO2. The van der Waals surface area contributed by atoms with Crippen molar-refractivity contribution in [1.82, 2.24) is 0 Å². The zero-order valence-corrected chi connectivity index (χ0v) is 11.2. The number of halogens is 1. The SMILES string of the molecule is Cc1cc(F)ccc1CC1(O)CC(C)OC(C)C1. The molecule has 2 rings (SSSR count). The summed E-state index contributed by atoms with van der Waals surface area (Å²) >= 11 is 0. The summed E-state index contributed by atoms with van der Waals surface area (Å²) in [5.41, 5.74) is 1.18. The molecule has 0 aliphatic carbocycles. The van der Waals surface area contributed by atoms with Crippen molar-refractivity contribution < 1.29 is 14.2 Å². The summed E-state index contributed by atoms with van der Waals surface area (Å²) < 4.78 is 18.7. The molecule has 1 aliphatic rings. The van der Waals surface area contributed by atoms with E-state index in [1.165, 1.54) is 12.1 Å². The van der Waals surface area contributed by atoms with Crippen molar-refractivity contribution in [2.45, 2.75) is 57.8 Å². The predicted molar refractivity (Wildman–Crippen MR) is 69.0 cm³/mol. The van der Waals surface area contributed by atoms with Crippen LogP contribution in [0.5, 0.6) is 0 Å². The van der Waals surface area contributed by atoms with Gasteiger partial charge in [0.15, 0.2) is 0 Å². The third-order valence-corrected chi connectivity index (χ3v) is 3.62. The lowest BCUT2D eigenvalue weighted by atomic mass is 9.81. The van der Waals surface area contributed by atoms with Gasteiger partial charge in [0.2, 0.25) is 0 Å². The summed E-state index contributed by atoms with van der Waals surface area (Å²) in [7, 11) is 0. The third-order valence-electron chi connectivity index (χ3n) is 3.62. The molecule has 1 aliphatic heterocycles. The highest BCUT2D eigenvalue weighted by Gasteiger charge is 2.37. The summed E-state index contributed by atoms with van der Waals surface area (Å²) in [4.78, 5) is 0. The average molecular weight is 252 g/mol. The first-order chi connectivity index (χ1) is 8.38. The van der Waals surface area contributed by atoms with E-state index in [1.54, 1.807) is 6.07 Å². The molecule has 1 saturated heterocycles. The highest BCUT2D eigenvalue weighted by atomic mass is 19.1. The van der Waals surface area contributed by atoms with Crippen LogP contribution in [-0.4, -0.2) is 22.9 Å². The molecule has 2 unspecified atom stereocenters. The van der Waals surface area contributed by atoms with Gasteiger partial charge >= 0.3 is 0 Å². The molecule has 100 valence electrons. The van der Waals surface area contributed by atoms with Gasteiger partial charge in [0.1, 0.15) is 5.82 Å². The van der Waals surface area contributed by atoms with E-state index in [4.69, 9.17) is 4.74 Å². The van der Waals surface area contributed by atoms with Crippen molar-refractivity contribution in [3.63, 3.8) is 0 Å². The predicted octanol–water partition coefficient (Wildman–Crippen LogP) is 3.00. The van der Waals surface area contributed by atoms with Crippen molar-refractivity contribution in [1.29, 1.82) is 0 Å². The van der Waals surface area contributed by atoms with E-state index in [2.05, 4.69) is 0 Å². The summed E-state index contributed by atoms with van der Waals surface area (Å²) in [6.07, 6.45) is 1.97. The standard InChI is InChI=1S/C15H21FO2/c1-10-6-14(16)5-4-13(10)9-15(17)7-11(2)18-12(3)8-15/h4-6,11-12,17H,7-9H2,1-3H3. The molecule has 0 amide bonds. The van der Waals surface area contributed by atoms with Crippen LogP contribution in [0.4, 0.5) is 4.39 Å². The normalized spacial score (nSPS) is 32.5. The van der Waals surface area contributed by atoms with Gasteiger partial charge in [-0.15, -0.1) is 0 Å². The molecule has 2 nitrogen and oxygen atoms in total. The Balaban J connectivity index is 2.16. The lowest BCUT2D eigenvalue weighted by Gasteiger charge is -2.39. The number of aliphatic hydroxyl groups is 1. The van der Waals surface area contributed by atoms with Gasteiger partial charge in [0.25, 0.3) is 0 Å². The van der Waals surface area contributed by atoms with E-state index in [1.807, 2.05) is 20.8 Å². The van der Waals surface area contributed by atoms with Crippen LogP contribution < -0.4 is 0 Å². The van der Waals surface area contributed by atoms with Crippen LogP contribution >= 0.6 is 0 Å². The summed E-state index contributed by atoms with van der Waals surface area (Å²) in [5, 5.41) is 10.7. The van der Waals surface area contributed by atoms with E-state index >= 15 is 0 Å². The number of aryl methyl sites for hydroxylation is 1. The molecule has 1 aromatic carbocycles. The fourth-order valence-corrected chi connectivity index (χ4v) is 3.00. The molecule has 1 fully saturated rings. The van der Waals surface area contributed by atoms with Gasteiger partial charge in [0, 0.05) is 19.3 Å². The van der Waals surface area contributed by atoms with Crippen LogP contribution in [0.25, 0.3) is 0 Å². The van der Waals surface area contributed by atoms with Gasteiger partial charge in [-0.05, 0) is 44.0 Å². The average Bonchev–Trinajstić information content (AvgIpc) is 2.20. The number of rotatable bonds is 2. The Morgan fingerprint density at radius 3 is 2.50 bits per heavy atom. The lowest BCUT2D eigenvalue weighted by Crippen LogP contribution is -2.45. The Labute approximate surface area is 108 Å². The summed E-state index contributed by atoms with van der Waals surface area (Å²) in [6.45, 7) is 5.85. The Morgan fingerprint density at radius 1 is 1.33 bits per heavy atom. The number of hydrogen-bond donors (Lipinski definition) is 1. The second-order valence-corrected chi connectivity index (χ2v) is 5.64. The Hall–Kier alpha value is -0.930. The van der Waals surface area contributed by atoms with Crippen LogP contribution in [0.1, 0.15) is 37.8 Å². The number of ether oxygens (including phenoxy) is 1. The maximum absolute atomic E-state index is 13.1. The molecule has 2 atom stereocenters. The van der Waals surface area contributed by atoms with E-state index in [9.17, 15) is 9.50 Å². The summed E-state index contributed by atoms with van der Waals surface area (Å²) in [6, 6.07) is 4.75. The van der Waals surface area contributed by atoms with E-state index < -0.39 is 5.60 Å². The molecule has 1 heterocycles. The Morgan fingerprint density at radius 2 is 1.94 bits per heavy atom.